The van der Waals surface area contributed by atoms with Crippen molar-refractivity contribution in [1.29, 1.82) is 0 Å². The highest BCUT2D eigenvalue weighted by atomic mass is 79.9. The summed E-state index contributed by atoms with van der Waals surface area (Å²) in [7, 11) is 0. The van der Waals surface area contributed by atoms with E-state index >= 15 is 0 Å². The first-order valence-electron chi connectivity index (χ1n) is 7.67. The molecule has 0 N–H and O–H groups in total. The molecule has 0 fully saturated rings. The van der Waals surface area contributed by atoms with E-state index < -0.39 is 0 Å². The minimum atomic E-state index is -0.310. The molecule has 4 nitrogen and oxygen atoms in total. The molecule has 3 rings (SSSR count). The summed E-state index contributed by atoms with van der Waals surface area (Å²) in [5.41, 5.74) is 1.45. The molecule has 0 saturated carbocycles. The molecule has 0 atom stereocenters. The zero-order valence-electron chi connectivity index (χ0n) is 13.5. The Kier molecular flexibility index (Phi) is 5.37. The highest BCUT2D eigenvalue weighted by Gasteiger charge is 2.11. The third-order valence-electron chi connectivity index (χ3n) is 3.52. The average molecular weight is 415 g/mol. The summed E-state index contributed by atoms with van der Waals surface area (Å²) in [4.78, 5) is 17.4. The number of benzene rings is 2. The van der Waals surface area contributed by atoms with Crippen molar-refractivity contribution in [3.05, 3.63) is 57.3 Å². The molecular formula is C19H15BrN2O2S. The van der Waals surface area contributed by atoms with Crippen LogP contribution >= 0.6 is 27.3 Å². The number of fused-ring (bicyclic) bond motifs is 1. The fraction of sp³-hybridized carbons (Fsp3) is 0.158. The van der Waals surface area contributed by atoms with Crippen molar-refractivity contribution >= 4 is 43.4 Å². The Labute approximate surface area is 157 Å². The number of ether oxygens (including phenoxy) is 1. The minimum Gasteiger partial charge on any atom is -0.494 e. The first-order chi connectivity index (χ1) is 12.1. The van der Waals surface area contributed by atoms with Gasteiger partial charge in [-0.25, -0.2) is 0 Å². The van der Waals surface area contributed by atoms with Gasteiger partial charge in [0.15, 0.2) is 4.80 Å². The molecule has 0 saturated heterocycles. The maximum atomic E-state index is 12.6. The second-order valence-corrected chi connectivity index (χ2v) is 7.00. The van der Waals surface area contributed by atoms with E-state index in [9.17, 15) is 4.79 Å². The van der Waals surface area contributed by atoms with Crippen LogP contribution in [-0.2, 0) is 6.54 Å². The van der Waals surface area contributed by atoms with Crippen molar-refractivity contribution in [1.82, 2.24) is 4.57 Å². The molecule has 25 heavy (non-hydrogen) atoms. The third kappa shape index (κ3) is 3.68. The number of carbonyl (C=O) groups excluding carboxylic acids is 1. The normalized spacial score (nSPS) is 11.5. The highest BCUT2D eigenvalue weighted by molar-refractivity contribution is 9.10. The van der Waals surface area contributed by atoms with Crippen LogP contribution in [0.2, 0.25) is 0 Å². The van der Waals surface area contributed by atoms with E-state index in [1.165, 1.54) is 11.3 Å². The predicted octanol–water partition coefficient (Wildman–Crippen LogP) is 4.24. The Hall–Kier alpha value is -2.36. The van der Waals surface area contributed by atoms with E-state index in [2.05, 4.69) is 26.8 Å². The van der Waals surface area contributed by atoms with Gasteiger partial charge < -0.3 is 9.30 Å². The maximum absolute atomic E-state index is 12.6. The Morgan fingerprint density at radius 2 is 2.16 bits per heavy atom. The molecule has 0 bridgehead atoms. The van der Waals surface area contributed by atoms with Gasteiger partial charge in [0.05, 0.1) is 28.9 Å². The van der Waals surface area contributed by atoms with Crippen LogP contribution < -0.4 is 9.54 Å². The maximum Gasteiger partial charge on any atom is 0.280 e. The van der Waals surface area contributed by atoms with Gasteiger partial charge in [0.1, 0.15) is 5.75 Å². The van der Waals surface area contributed by atoms with Crippen molar-refractivity contribution in [3.8, 4) is 18.1 Å². The fourth-order valence-electron chi connectivity index (χ4n) is 2.42. The lowest BCUT2D eigenvalue weighted by atomic mass is 10.2. The zero-order chi connectivity index (χ0) is 17.8. The molecule has 0 spiro atoms. The molecule has 126 valence electrons. The summed E-state index contributed by atoms with van der Waals surface area (Å²) in [6.45, 7) is 2.88. The molecule has 1 aromatic heterocycles. The fourth-order valence-corrected chi connectivity index (χ4v) is 3.93. The zero-order valence-corrected chi connectivity index (χ0v) is 15.9. The number of hydrogen-bond donors (Lipinski definition) is 0. The van der Waals surface area contributed by atoms with Crippen LogP contribution in [0.3, 0.4) is 0 Å². The van der Waals surface area contributed by atoms with Crippen molar-refractivity contribution < 1.29 is 9.53 Å². The summed E-state index contributed by atoms with van der Waals surface area (Å²) < 4.78 is 9.10. The van der Waals surface area contributed by atoms with E-state index in [-0.39, 0.29) is 5.91 Å². The minimum absolute atomic E-state index is 0.310. The van der Waals surface area contributed by atoms with E-state index in [0.717, 1.165) is 16.0 Å². The number of amides is 1. The van der Waals surface area contributed by atoms with Gasteiger partial charge >= 0.3 is 0 Å². The van der Waals surface area contributed by atoms with Gasteiger partial charge in [0.2, 0.25) is 0 Å². The molecule has 0 aliphatic heterocycles. The van der Waals surface area contributed by atoms with Crippen LogP contribution in [0.15, 0.2) is 51.9 Å². The summed E-state index contributed by atoms with van der Waals surface area (Å²) in [6, 6.07) is 13.0. The largest absolute Gasteiger partial charge is 0.494 e. The van der Waals surface area contributed by atoms with Crippen LogP contribution in [0, 0.1) is 12.3 Å². The molecular weight excluding hydrogens is 400 g/mol. The van der Waals surface area contributed by atoms with Crippen molar-refractivity contribution in [3.63, 3.8) is 0 Å². The number of terminal acetylenes is 1. The first-order valence-corrected chi connectivity index (χ1v) is 9.28. The average Bonchev–Trinajstić information content (AvgIpc) is 2.92. The van der Waals surface area contributed by atoms with Crippen LogP contribution in [0.1, 0.15) is 17.3 Å². The smallest absolute Gasteiger partial charge is 0.280 e. The van der Waals surface area contributed by atoms with Gasteiger partial charge in [0.25, 0.3) is 5.91 Å². The lowest BCUT2D eigenvalue weighted by Crippen LogP contribution is -2.16. The van der Waals surface area contributed by atoms with Crippen LogP contribution in [0.25, 0.3) is 10.2 Å². The summed E-state index contributed by atoms with van der Waals surface area (Å²) >= 11 is 4.81. The molecule has 3 aromatic rings. The Morgan fingerprint density at radius 3 is 2.88 bits per heavy atom. The van der Waals surface area contributed by atoms with Gasteiger partial charge in [-0.15, -0.1) is 6.42 Å². The van der Waals surface area contributed by atoms with Crippen molar-refractivity contribution in [2.75, 3.05) is 6.61 Å². The predicted molar refractivity (Wildman–Crippen MR) is 104 cm³/mol. The second-order valence-electron chi connectivity index (χ2n) is 5.13. The topological polar surface area (TPSA) is 43.6 Å². The van der Waals surface area contributed by atoms with Gasteiger partial charge in [0, 0.05) is 4.47 Å². The SMILES string of the molecule is C#CCn1c(=NC(=O)c2ccccc2Br)sc2cc(OCC)ccc21. The van der Waals surface area contributed by atoms with Gasteiger partial charge in [-0.3, -0.25) is 4.79 Å². The molecule has 0 unspecified atom stereocenters. The molecule has 0 aliphatic rings. The number of aromatic nitrogens is 1. The van der Waals surface area contributed by atoms with E-state index in [0.29, 0.717) is 28.0 Å². The van der Waals surface area contributed by atoms with Gasteiger partial charge in [-0.1, -0.05) is 29.4 Å². The first kappa shape index (κ1) is 17.5. The molecule has 6 heteroatoms. The molecule has 2 aromatic carbocycles. The molecule has 1 amide bonds. The quantitative estimate of drug-likeness (QED) is 0.599. The number of nitrogens with zero attached hydrogens (tertiary/aromatic N) is 2. The van der Waals surface area contributed by atoms with Gasteiger partial charge in [-0.2, -0.15) is 4.99 Å². The lowest BCUT2D eigenvalue weighted by Gasteiger charge is -2.03. The standard InChI is InChI=1S/C19H15BrN2O2S/c1-3-11-22-16-10-9-13(24-4-2)12-17(16)25-19(22)21-18(23)14-7-5-6-8-15(14)20/h1,5-10,12H,4,11H2,2H3. The van der Waals surface area contributed by atoms with Crippen LogP contribution in [0.4, 0.5) is 0 Å². The van der Waals surface area contributed by atoms with Crippen LogP contribution in [0.5, 0.6) is 5.75 Å². The molecule has 0 radical (unpaired) electrons. The highest BCUT2D eigenvalue weighted by Crippen LogP contribution is 2.24. The molecule has 0 aliphatic carbocycles. The summed E-state index contributed by atoms with van der Waals surface area (Å²) in [5.74, 6) is 3.10. The summed E-state index contributed by atoms with van der Waals surface area (Å²) in [5, 5.41) is 0. The Morgan fingerprint density at radius 1 is 1.36 bits per heavy atom. The monoisotopic (exact) mass is 414 g/mol. The van der Waals surface area contributed by atoms with Crippen LogP contribution in [-0.4, -0.2) is 17.1 Å². The van der Waals surface area contributed by atoms with E-state index in [4.69, 9.17) is 11.2 Å². The second kappa shape index (κ2) is 7.68. The van der Waals surface area contributed by atoms with E-state index in [1.54, 1.807) is 6.07 Å². The number of thiazole rings is 1. The van der Waals surface area contributed by atoms with Gasteiger partial charge in [-0.05, 0) is 53.2 Å². The van der Waals surface area contributed by atoms with Crippen molar-refractivity contribution in [2.45, 2.75) is 13.5 Å². The van der Waals surface area contributed by atoms with Crippen molar-refractivity contribution in [2.24, 2.45) is 4.99 Å². The number of halogens is 1. The number of rotatable bonds is 4. The number of carbonyl (C=O) groups is 1. The Bertz CT molecular complexity index is 1040. The lowest BCUT2D eigenvalue weighted by molar-refractivity contribution is 0.0997. The molecule has 1 heterocycles. The number of hydrogen-bond acceptors (Lipinski definition) is 3. The summed E-state index contributed by atoms with van der Waals surface area (Å²) in [6.07, 6.45) is 5.50. The third-order valence-corrected chi connectivity index (χ3v) is 5.25. The Balaban J connectivity index is 2.14. The van der Waals surface area contributed by atoms with E-state index in [1.807, 2.05) is 47.9 Å².